The number of rotatable bonds is 6. The molecule has 0 bridgehead atoms. The van der Waals surface area contributed by atoms with Crippen molar-refractivity contribution in [2.75, 3.05) is 0 Å². The number of halogens is 1. The van der Waals surface area contributed by atoms with E-state index < -0.39 is 0 Å². The summed E-state index contributed by atoms with van der Waals surface area (Å²) in [4.78, 5) is 12.2. The third kappa shape index (κ3) is 3.92. The molecule has 1 aromatic carbocycles. The quantitative estimate of drug-likeness (QED) is 0.888. The molecule has 0 spiro atoms. The SMILES string of the molecule is CCC(N)Cn1cccc(OCc2ccccc2F)c1=O. The Morgan fingerprint density at radius 3 is 2.76 bits per heavy atom. The summed E-state index contributed by atoms with van der Waals surface area (Å²) in [7, 11) is 0. The monoisotopic (exact) mass is 290 g/mol. The summed E-state index contributed by atoms with van der Waals surface area (Å²) in [6.45, 7) is 2.42. The molecule has 0 saturated heterocycles. The van der Waals surface area contributed by atoms with Crippen molar-refractivity contribution < 1.29 is 9.13 Å². The smallest absolute Gasteiger partial charge is 0.292 e. The van der Waals surface area contributed by atoms with Gasteiger partial charge >= 0.3 is 0 Å². The van der Waals surface area contributed by atoms with Crippen LogP contribution >= 0.6 is 0 Å². The van der Waals surface area contributed by atoms with Crippen LogP contribution in [0.1, 0.15) is 18.9 Å². The molecule has 0 amide bonds. The van der Waals surface area contributed by atoms with E-state index in [4.69, 9.17) is 10.5 Å². The van der Waals surface area contributed by atoms with Gasteiger partial charge in [0.15, 0.2) is 5.75 Å². The first-order valence-electron chi connectivity index (χ1n) is 6.93. The van der Waals surface area contributed by atoms with Crippen molar-refractivity contribution in [3.8, 4) is 5.75 Å². The number of ether oxygens (including phenoxy) is 1. The molecular formula is C16H19FN2O2. The molecule has 0 aliphatic carbocycles. The van der Waals surface area contributed by atoms with Crippen LogP contribution in [0.3, 0.4) is 0 Å². The average molecular weight is 290 g/mol. The van der Waals surface area contributed by atoms with Gasteiger partial charge in [-0.25, -0.2) is 4.39 Å². The molecular weight excluding hydrogens is 271 g/mol. The molecule has 1 atom stereocenters. The molecule has 1 heterocycles. The normalized spacial score (nSPS) is 12.1. The minimum Gasteiger partial charge on any atom is -0.483 e. The van der Waals surface area contributed by atoms with Crippen LogP contribution in [0.15, 0.2) is 47.4 Å². The van der Waals surface area contributed by atoms with E-state index >= 15 is 0 Å². The Kier molecular flexibility index (Phi) is 5.11. The molecule has 0 saturated carbocycles. The van der Waals surface area contributed by atoms with E-state index in [1.807, 2.05) is 6.92 Å². The lowest BCUT2D eigenvalue weighted by atomic mass is 10.2. The molecule has 0 aliphatic heterocycles. The van der Waals surface area contributed by atoms with Gasteiger partial charge in [-0.2, -0.15) is 0 Å². The van der Waals surface area contributed by atoms with Crippen molar-refractivity contribution in [2.45, 2.75) is 32.5 Å². The molecule has 4 nitrogen and oxygen atoms in total. The van der Waals surface area contributed by atoms with Crippen molar-refractivity contribution in [3.63, 3.8) is 0 Å². The Hall–Kier alpha value is -2.14. The molecule has 2 aromatic rings. The van der Waals surface area contributed by atoms with Gasteiger partial charge in [-0.3, -0.25) is 4.79 Å². The summed E-state index contributed by atoms with van der Waals surface area (Å²) in [5.41, 5.74) is 6.02. The van der Waals surface area contributed by atoms with Crippen LogP contribution in [0, 0.1) is 5.82 Å². The standard InChI is InChI=1S/C16H19FN2O2/c1-2-13(18)10-19-9-5-8-15(16(19)20)21-11-12-6-3-4-7-14(12)17/h3-9,13H,2,10-11,18H2,1H3. The van der Waals surface area contributed by atoms with Crippen molar-refractivity contribution in [1.82, 2.24) is 4.57 Å². The molecule has 0 radical (unpaired) electrons. The van der Waals surface area contributed by atoms with Crippen LogP contribution in [0.2, 0.25) is 0 Å². The van der Waals surface area contributed by atoms with Crippen molar-refractivity contribution in [3.05, 3.63) is 64.3 Å². The predicted molar refractivity (Wildman–Crippen MR) is 79.7 cm³/mol. The lowest BCUT2D eigenvalue weighted by Crippen LogP contribution is -2.31. The van der Waals surface area contributed by atoms with E-state index in [2.05, 4.69) is 0 Å². The highest BCUT2D eigenvalue weighted by Gasteiger charge is 2.08. The van der Waals surface area contributed by atoms with Gasteiger partial charge in [0.2, 0.25) is 0 Å². The van der Waals surface area contributed by atoms with E-state index in [-0.39, 0.29) is 29.8 Å². The maximum absolute atomic E-state index is 13.5. The Labute approximate surface area is 123 Å². The second-order valence-electron chi connectivity index (χ2n) is 4.88. The largest absolute Gasteiger partial charge is 0.483 e. The summed E-state index contributed by atoms with van der Waals surface area (Å²) >= 11 is 0. The molecule has 1 unspecified atom stereocenters. The van der Waals surface area contributed by atoms with Gasteiger partial charge in [0, 0.05) is 24.3 Å². The number of nitrogens with zero attached hydrogens (tertiary/aromatic N) is 1. The van der Waals surface area contributed by atoms with Crippen LogP contribution < -0.4 is 16.0 Å². The molecule has 112 valence electrons. The van der Waals surface area contributed by atoms with Crippen molar-refractivity contribution >= 4 is 0 Å². The summed E-state index contributed by atoms with van der Waals surface area (Å²) in [5, 5.41) is 0. The third-order valence-electron chi connectivity index (χ3n) is 3.28. The Bertz CT molecular complexity index is 655. The van der Waals surface area contributed by atoms with E-state index in [0.29, 0.717) is 12.1 Å². The zero-order valence-corrected chi connectivity index (χ0v) is 12.0. The third-order valence-corrected chi connectivity index (χ3v) is 3.28. The average Bonchev–Trinajstić information content (AvgIpc) is 2.49. The van der Waals surface area contributed by atoms with Gasteiger partial charge in [-0.1, -0.05) is 25.1 Å². The fraction of sp³-hybridized carbons (Fsp3) is 0.312. The maximum Gasteiger partial charge on any atom is 0.292 e. The molecule has 2 N–H and O–H groups in total. The Morgan fingerprint density at radius 2 is 2.05 bits per heavy atom. The highest BCUT2D eigenvalue weighted by atomic mass is 19.1. The second-order valence-corrected chi connectivity index (χ2v) is 4.88. The first kappa shape index (κ1) is 15.3. The number of aromatic nitrogens is 1. The predicted octanol–water partition coefficient (Wildman–Crippen LogP) is 2.30. The zero-order valence-electron chi connectivity index (χ0n) is 12.0. The van der Waals surface area contributed by atoms with Gasteiger partial charge < -0.3 is 15.0 Å². The van der Waals surface area contributed by atoms with Gasteiger partial charge in [0.25, 0.3) is 5.56 Å². The van der Waals surface area contributed by atoms with Gasteiger partial charge in [-0.05, 0) is 24.6 Å². The number of pyridine rings is 1. The van der Waals surface area contributed by atoms with E-state index in [1.54, 1.807) is 36.5 Å². The van der Waals surface area contributed by atoms with Crippen LogP contribution in [0.25, 0.3) is 0 Å². The number of nitrogens with two attached hydrogens (primary N) is 1. The summed E-state index contributed by atoms with van der Waals surface area (Å²) in [6.07, 6.45) is 2.46. The van der Waals surface area contributed by atoms with E-state index in [9.17, 15) is 9.18 Å². The fourth-order valence-electron chi connectivity index (χ4n) is 1.92. The number of hydrogen-bond acceptors (Lipinski definition) is 3. The van der Waals surface area contributed by atoms with Gasteiger partial charge in [0.1, 0.15) is 12.4 Å². The molecule has 1 aromatic heterocycles. The maximum atomic E-state index is 13.5. The minimum atomic E-state index is -0.346. The van der Waals surface area contributed by atoms with Crippen LogP contribution in [-0.4, -0.2) is 10.6 Å². The fourth-order valence-corrected chi connectivity index (χ4v) is 1.92. The molecule has 0 aliphatic rings. The van der Waals surface area contributed by atoms with Crippen molar-refractivity contribution in [2.24, 2.45) is 5.73 Å². The first-order chi connectivity index (χ1) is 10.1. The lowest BCUT2D eigenvalue weighted by Gasteiger charge is -2.13. The zero-order chi connectivity index (χ0) is 15.2. The summed E-state index contributed by atoms with van der Waals surface area (Å²) < 4.78 is 20.5. The van der Waals surface area contributed by atoms with Crippen LogP contribution in [0.5, 0.6) is 5.75 Å². The summed E-state index contributed by atoms with van der Waals surface area (Å²) in [6, 6.07) is 9.56. The van der Waals surface area contributed by atoms with Crippen LogP contribution in [-0.2, 0) is 13.2 Å². The number of benzene rings is 1. The van der Waals surface area contributed by atoms with Crippen LogP contribution in [0.4, 0.5) is 4.39 Å². The number of hydrogen-bond donors (Lipinski definition) is 1. The van der Waals surface area contributed by atoms with Gasteiger partial charge in [-0.15, -0.1) is 0 Å². The van der Waals surface area contributed by atoms with E-state index in [0.717, 1.165) is 6.42 Å². The molecule has 0 fully saturated rings. The summed E-state index contributed by atoms with van der Waals surface area (Å²) in [5.74, 6) is -0.147. The Morgan fingerprint density at radius 1 is 1.29 bits per heavy atom. The lowest BCUT2D eigenvalue weighted by molar-refractivity contribution is 0.292. The first-order valence-corrected chi connectivity index (χ1v) is 6.93. The Balaban J connectivity index is 2.12. The molecule has 21 heavy (non-hydrogen) atoms. The topological polar surface area (TPSA) is 57.2 Å². The van der Waals surface area contributed by atoms with Gasteiger partial charge in [0.05, 0.1) is 0 Å². The molecule has 2 rings (SSSR count). The van der Waals surface area contributed by atoms with Crippen molar-refractivity contribution in [1.29, 1.82) is 0 Å². The second kappa shape index (κ2) is 7.04. The highest BCUT2D eigenvalue weighted by molar-refractivity contribution is 5.20. The highest BCUT2D eigenvalue weighted by Crippen LogP contribution is 2.10. The van der Waals surface area contributed by atoms with E-state index in [1.165, 1.54) is 10.6 Å². The molecule has 5 heteroatoms. The minimum absolute atomic E-state index is 0.0196.